The molecule has 0 saturated carbocycles. The van der Waals surface area contributed by atoms with Crippen LogP contribution in [0.15, 0.2) is 53.4 Å². The van der Waals surface area contributed by atoms with Crippen molar-refractivity contribution >= 4 is 39.1 Å². The van der Waals surface area contributed by atoms with Crippen LogP contribution in [-0.2, 0) is 25.2 Å². The first-order chi connectivity index (χ1) is 21.8. The molecule has 2 amide bonds. The first-order valence-corrected chi connectivity index (χ1v) is 16.2. The van der Waals surface area contributed by atoms with Crippen LogP contribution in [0, 0.1) is 6.92 Å². The van der Waals surface area contributed by atoms with Crippen molar-refractivity contribution in [1.82, 2.24) is 5.32 Å². The predicted molar refractivity (Wildman–Crippen MR) is 170 cm³/mol. The number of benzene rings is 3. The summed E-state index contributed by atoms with van der Waals surface area (Å²) in [5, 5.41) is 14.0. The lowest BCUT2D eigenvalue weighted by Crippen LogP contribution is -2.69. The van der Waals surface area contributed by atoms with Gasteiger partial charge >= 0.3 is 5.91 Å². The first kappa shape index (κ1) is 33.3. The van der Waals surface area contributed by atoms with E-state index in [-0.39, 0.29) is 52.2 Å². The number of hydrogen-bond acceptors (Lipinski definition) is 9. The molecule has 2 aliphatic rings. The third kappa shape index (κ3) is 4.67. The van der Waals surface area contributed by atoms with Crippen LogP contribution in [0.1, 0.15) is 23.1 Å². The number of carbonyl (C=O) groups excluding carboxylic acids is 2. The Morgan fingerprint density at radius 2 is 1.61 bits per heavy atom. The number of ether oxygens (including phenoxy) is 4. The average Bonchev–Trinajstić information content (AvgIpc) is 3.49. The van der Waals surface area contributed by atoms with Crippen LogP contribution in [0.5, 0.6) is 23.0 Å². The highest BCUT2D eigenvalue weighted by molar-refractivity contribution is 7.93. The number of nitrogens with zero attached hydrogens (tertiary/aromatic N) is 2. The summed E-state index contributed by atoms with van der Waals surface area (Å²) in [7, 11) is 3.75. The van der Waals surface area contributed by atoms with E-state index in [1.165, 1.54) is 65.8 Å². The molecule has 2 heterocycles. The number of quaternary nitrogens is 1. The number of fused-ring (bicyclic) bond motifs is 1. The molecule has 3 aromatic rings. The van der Waals surface area contributed by atoms with Gasteiger partial charge in [-0.25, -0.2) is 8.42 Å². The van der Waals surface area contributed by atoms with E-state index in [9.17, 15) is 18.3 Å². The largest absolute Gasteiger partial charge is 0.496 e. The molecule has 0 radical (unpaired) electrons. The second-order valence-electron chi connectivity index (χ2n) is 11.5. The van der Waals surface area contributed by atoms with Crippen molar-refractivity contribution in [2.45, 2.75) is 35.9 Å². The predicted octanol–water partition coefficient (Wildman–Crippen LogP) is 2.99. The number of amides is 2. The Labute approximate surface area is 273 Å². The van der Waals surface area contributed by atoms with Gasteiger partial charge in [0.1, 0.15) is 35.6 Å². The number of methoxy groups -OCH3 is 4. The Bertz CT molecular complexity index is 1810. The van der Waals surface area contributed by atoms with E-state index in [1.807, 2.05) is 6.92 Å². The molecule has 3 aromatic carbocycles. The van der Waals surface area contributed by atoms with Crippen LogP contribution in [0.25, 0.3) is 0 Å². The van der Waals surface area contributed by atoms with E-state index in [2.05, 4.69) is 5.32 Å². The number of likely N-dealkylation sites (tertiary alicyclic amines) is 1. The molecule has 0 aromatic heterocycles. The zero-order valence-corrected chi connectivity index (χ0v) is 28.2. The van der Waals surface area contributed by atoms with Gasteiger partial charge in [-0.15, -0.1) is 0 Å². The summed E-state index contributed by atoms with van der Waals surface area (Å²) in [5.74, 6) is -1.03. The van der Waals surface area contributed by atoms with Crippen molar-refractivity contribution in [2.75, 3.05) is 53.4 Å². The molecule has 0 bridgehead atoms. The average molecular weight is 675 g/mol. The van der Waals surface area contributed by atoms with Crippen molar-refractivity contribution in [3.63, 3.8) is 0 Å². The monoisotopic (exact) mass is 674 g/mol. The lowest BCUT2D eigenvalue weighted by Gasteiger charge is -2.48. The summed E-state index contributed by atoms with van der Waals surface area (Å²) < 4.78 is 52.3. The number of aryl methyl sites for hydroxylation is 1. The summed E-state index contributed by atoms with van der Waals surface area (Å²) in [4.78, 5) is 28.7. The van der Waals surface area contributed by atoms with Gasteiger partial charge in [0.05, 0.1) is 52.3 Å². The summed E-state index contributed by atoms with van der Waals surface area (Å²) in [6, 6.07) is 11.5. The van der Waals surface area contributed by atoms with Gasteiger partial charge in [-0.3, -0.25) is 14.1 Å². The fourth-order valence-electron chi connectivity index (χ4n) is 7.07. The van der Waals surface area contributed by atoms with Crippen LogP contribution >= 0.6 is 11.6 Å². The third-order valence-corrected chi connectivity index (χ3v) is 11.1. The molecule has 4 atom stereocenters. The third-order valence-electron chi connectivity index (χ3n) is 9.06. The molecule has 12 nitrogen and oxygen atoms in total. The Balaban J connectivity index is 1.95. The summed E-state index contributed by atoms with van der Waals surface area (Å²) in [5.41, 5.74) is -0.676. The number of aliphatic hydroxyl groups is 1. The van der Waals surface area contributed by atoms with Crippen molar-refractivity contribution in [3.8, 4) is 23.0 Å². The lowest BCUT2D eigenvalue weighted by atomic mass is 9.78. The van der Waals surface area contributed by atoms with E-state index in [0.717, 1.165) is 5.56 Å². The van der Waals surface area contributed by atoms with Gasteiger partial charge in [0.25, 0.3) is 15.9 Å². The number of halogens is 1. The maximum absolute atomic E-state index is 15.6. The highest BCUT2D eigenvalue weighted by Crippen LogP contribution is 2.58. The number of rotatable bonds is 9. The zero-order chi connectivity index (χ0) is 33.8. The Morgan fingerprint density at radius 3 is 2.17 bits per heavy atom. The molecule has 2 unspecified atom stereocenters. The normalized spacial score (nSPS) is 24.0. The number of anilines is 1. The van der Waals surface area contributed by atoms with E-state index in [1.54, 1.807) is 25.2 Å². The Hall–Kier alpha value is -4.04. The standard InChI is InChI=1S/C32H36ClN3O9S/c1-18-8-11-26(43-5)23(12-18)32(36(3)17-20(37)14-25(36)30(38)34-2)22-13-19(33)9-10-24(22)35(31(32)39)46(40,41)29-27(44-6)15-21(42-4)16-28(29)45-7/h8-13,15-16,20,25,37H,14,17H2,1-7H3/p+1/t20-,25+,32?,36?/m1/s1. The number of sulfonamides is 1. The SMILES string of the molecule is CNC(=O)[C@@H]1C[C@@H](O)C[N+]1(C)C1(c2cc(C)ccc2OC)C(=O)N(S(=O)(=O)c2c(OC)cc(OC)cc2OC)c2ccc(Cl)cc21. The van der Waals surface area contributed by atoms with Crippen LogP contribution < -0.4 is 28.6 Å². The zero-order valence-electron chi connectivity index (χ0n) is 26.6. The fraction of sp³-hybridized carbons (Fsp3) is 0.375. The van der Waals surface area contributed by atoms with Gasteiger partial charge in [-0.1, -0.05) is 23.2 Å². The van der Waals surface area contributed by atoms with Gasteiger partial charge in [0.2, 0.25) is 5.54 Å². The molecule has 2 aliphatic heterocycles. The number of nitrogens with one attached hydrogen (secondary N) is 1. The molecule has 1 fully saturated rings. The number of carbonyl (C=O) groups is 2. The van der Waals surface area contributed by atoms with E-state index < -0.39 is 48.9 Å². The van der Waals surface area contributed by atoms with Crippen molar-refractivity contribution in [2.24, 2.45) is 0 Å². The topological polar surface area (TPSA) is 141 Å². The van der Waals surface area contributed by atoms with Gasteiger partial charge in [-0.2, -0.15) is 4.31 Å². The summed E-state index contributed by atoms with van der Waals surface area (Å²) in [6.45, 7) is 1.75. The quantitative estimate of drug-likeness (QED) is 0.328. The maximum Gasteiger partial charge on any atom is 0.312 e. The minimum absolute atomic E-state index is 0.00859. The number of aliphatic hydroxyl groups excluding tert-OH is 1. The van der Waals surface area contributed by atoms with Crippen LogP contribution in [-0.4, -0.2) is 91.0 Å². The van der Waals surface area contributed by atoms with Gasteiger partial charge in [-0.05, 0) is 37.3 Å². The molecular weight excluding hydrogens is 638 g/mol. The number of likely N-dealkylation sites (N-methyl/N-ethyl adjacent to an activating group) is 2. The Morgan fingerprint density at radius 1 is 0.978 bits per heavy atom. The highest BCUT2D eigenvalue weighted by Gasteiger charge is 2.72. The van der Waals surface area contributed by atoms with Crippen molar-refractivity contribution < 1.29 is 46.5 Å². The van der Waals surface area contributed by atoms with Crippen LogP contribution in [0.2, 0.25) is 5.02 Å². The van der Waals surface area contributed by atoms with Gasteiger partial charge < -0.3 is 29.4 Å². The summed E-state index contributed by atoms with van der Waals surface area (Å²) in [6.07, 6.45) is -0.981. The van der Waals surface area contributed by atoms with Crippen LogP contribution in [0.3, 0.4) is 0 Å². The maximum atomic E-state index is 15.6. The molecule has 0 spiro atoms. The molecule has 5 rings (SSSR count). The second-order valence-corrected chi connectivity index (χ2v) is 13.6. The molecule has 46 heavy (non-hydrogen) atoms. The highest BCUT2D eigenvalue weighted by atomic mass is 35.5. The molecule has 2 N–H and O–H groups in total. The van der Waals surface area contributed by atoms with E-state index in [0.29, 0.717) is 9.87 Å². The minimum atomic E-state index is -4.83. The van der Waals surface area contributed by atoms with E-state index in [4.69, 9.17) is 30.5 Å². The van der Waals surface area contributed by atoms with Crippen LogP contribution in [0.4, 0.5) is 5.69 Å². The van der Waals surface area contributed by atoms with Gasteiger partial charge in [0, 0.05) is 30.6 Å². The molecule has 0 aliphatic carbocycles. The first-order valence-electron chi connectivity index (χ1n) is 14.4. The minimum Gasteiger partial charge on any atom is -0.496 e. The van der Waals surface area contributed by atoms with E-state index >= 15 is 4.79 Å². The summed E-state index contributed by atoms with van der Waals surface area (Å²) >= 11 is 6.61. The molecule has 14 heteroatoms. The molecule has 1 saturated heterocycles. The molecular formula is C32H37ClN3O9S+. The number of hydrogen-bond donors (Lipinski definition) is 2. The second kappa shape index (κ2) is 12.0. The fourth-order valence-corrected chi connectivity index (χ4v) is 8.99. The van der Waals surface area contributed by atoms with Gasteiger partial charge in [0.15, 0.2) is 10.9 Å². The Kier molecular flexibility index (Phi) is 8.66. The lowest BCUT2D eigenvalue weighted by molar-refractivity contribution is -0.953. The smallest absolute Gasteiger partial charge is 0.312 e. The van der Waals surface area contributed by atoms with Crippen molar-refractivity contribution in [1.29, 1.82) is 0 Å². The molecule has 246 valence electrons. The van der Waals surface area contributed by atoms with Crippen molar-refractivity contribution in [3.05, 3.63) is 70.2 Å².